The van der Waals surface area contributed by atoms with Crippen molar-refractivity contribution < 1.29 is 4.79 Å². The average Bonchev–Trinajstić information content (AvgIpc) is 2.68. The maximum Gasteiger partial charge on any atom is 0.272 e. The third kappa shape index (κ3) is 3.42. The third-order valence-corrected chi connectivity index (χ3v) is 6.10. The smallest absolute Gasteiger partial charge is 0.272 e. The van der Waals surface area contributed by atoms with Crippen molar-refractivity contribution >= 4 is 5.91 Å². The molecule has 25 heavy (non-hydrogen) atoms. The van der Waals surface area contributed by atoms with Crippen LogP contribution in [0.4, 0.5) is 0 Å². The van der Waals surface area contributed by atoms with E-state index in [4.69, 9.17) is 0 Å². The fraction of sp³-hybridized carbons (Fsp3) is 0.737. The number of carbonyl (C=O) groups excluding carboxylic acids is 1. The van der Waals surface area contributed by atoms with E-state index in [9.17, 15) is 4.79 Å². The summed E-state index contributed by atoms with van der Waals surface area (Å²) in [5.74, 6) is 1.90. The summed E-state index contributed by atoms with van der Waals surface area (Å²) < 4.78 is 0. The van der Waals surface area contributed by atoms with Crippen LogP contribution in [0.25, 0.3) is 0 Å². The first kappa shape index (κ1) is 16.9. The summed E-state index contributed by atoms with van der Waals surface area (Å²) in [6.07, 6.45) is 4.41. The van der Waals surface area contributed by atoms with Crippen LogP contribution in [0, 0.1) is 5.92 Å². The van der Waals surface area contributed by atoms with E-state index in [1.54, 1.807) is 12.3 Å². The second-order valence-corrected chi connectivity index (χ2v) is 7.99. The number of piperazine rings is 1. The molecule has 1 aromatic heterocycles. The Balaban J connectivity index is 1.37. The Morgan fingerprint density at radius 3 is 2.44 bits per heavy atom. The van der Waals surface area contributed by atoms with E-state index in [-0.39, 0.29) is 11.8 Å². The molecule has 0 aromatic carbocycles. The first-order valence-corrected chi connectivity index (χ1v) is 9.70. The Kier molecular flexibility index (Phi) is 4.73. The highest BCUT2D eigenvalue weighted by atomic mass is 16.2. The van der Waals surface area contributed by atoms with Gasteiger partial charge in [-0.25, -0.2) is 9.97 Å². The maximum atomic E-state index is 12.8. The summed E-state index contributed by atoms with van der Waals surface area (Å²) in [6.45, 7) is 11.5. The van der Waals surface area contributed by atoms with Crippen molar-refractivity contribution in [3.8, 4) is 0 Å². The van der Waals surface area contributed by atoms with Crippen LogP contribution in [0.3, 0.4) is 0 Å². The quantitative estimate of drug-likeness (QED) is 0.831. The molecule has 1 amide bonds. The van der Waals surface area contributed by atoms with E-state index in [0.717, 1.165) is 37.9 Å². The molecule has 0 radical (unpaired) electrons. The minimum Gasteiger partial charge on any atom is -0.335 e. The summed E-state index contributed by atoms with van der Waals surface area (Å²) >= 11 is 0. The van der Waals surface area contributed by atoms with Gasteiger partial charge in [-0.05, 0) is 37.9 Å². The summed E-state index contributed by atoms with van der Waals surface area (Å²) in [7, 11) is 0. The van der Waals surface area contributed by atoms with Crippen LogP contribution in [-0.2, 0) is 0 Å². The van der Waals surface area contributed by atoms with Crippen molar-refractivity contribution in [2.75, 3.05) is 45.8 Å². The van der Waals surface area contributed by atoms with Gasteiger partial charge in [-0.2, -0.15) is 0 Å². The number of rotatable bonds is 3. The molecule has 0 saturated carbocycles. The standard InChI is InChI=1S/C19H29N5O/c1-14(2)18-20-6-3-16(21-18)19(25)24-11-9-23(10-12-24)17-13-22-7-4-15(17)5-8-22/h3,6,14-15,17H,4-5,7-13H2,1-2H3/t17-/m0/s1. The van der Waals surface area contributed by atoms with Crippen molar-refractivity contribution in [2.45, 2.75) is 38.6 Å². The van der Waals surface area contributed by atoms with Crippen LogP contribution >= 0.6 is 0 Å². The highest BCUT2D eigenvalue weighted by Gasteiger charge is 2.38. The van der Waals surface area contributed by atoms with Gasteiger partial charge in [-0.15, -0.1) is 0 Å². The summed E-state index contributed by atoms with van der Waals surface area (Å²) in [4.78, 5) is 28.7. The lowest BCUT2D eigenvalue weighted by Crippen LogP contribution is -2.61. The fourth-order valence-electron chi connectivity index (χ4n) is 4.54. The van der Waals surface area contributed by atoms with Gasteiger partial charge in [-0.3, -0.25) is 9.69 Å². The lowest BCUT2D eigenvalue weighted by Gasteiger charge is -2.50. The van der Waals surface area contributed by atoms with Gasteiger partial charge in [0.25, 0.3) is 5.91 Å². The minimum atomic E-state index is 0.0536. The molecule has 5 heterocycles. The first-order chi connectivity index (χ1) is 12.1. The molecule has 2 bridgehead atoms. The van der Waals surface area contributed by atoms with E-state index in [1.807, 2.05) is 4.90 Å². The zero-order valence-electron chi connectivity index (χ0n) is 15.4. The highest BCUT2D eigenvalue weighted by molar-refractivity contribution is 5.92. The predicted molar refractivity (Wildman–Crippen MR) is 96.5 cm³/mol. The van der Waals surface area contributed by atoms with E-state index in [2.05, 4.69) is 33.6 Å². The van der Waals surface area contributed by atoms with E-state index in [1.165, 1.54) is 32.5 Å². The number of carbonyl (C=O) groups is 1. The first-order valence-electron chi connectivity index (χ1n) is 9.70. The molecule has 0 spiro atoms. The number of fused-ring (bicyclic) bond motifs is 3. The third-order valence-electron chi connectivity index (χ3n) is 6.10. The Labute approximate surface area is 150 Å². The number of aromatic nitrogens is 2. The van der Waals surface area contributed by atoms with Crippen molar-refractivity contribution in [3.63, 3.8) is 0 Å². The minimum absolute atomic E-state index is 0.0536. The molecule has 4 saturated heterocycles. The summed E-state index contributed by atoms with van der Waals surface area (Å²) in [5, 5.41) is 0. The van der Waals surface area contributed by atoms with Crippen LogP contribution in [0.2, 0.25) is 0 Å². The molecule has 1 aromatic rings. The van der Waals surface area contributed by atoms with E-state index in [0.29, 0.717) is 11.7 Å². The molecule has 4 aliphatic rings. The number of piperidine rings is 3. The number of nitrogens with zero attached hydrogens (tertiary/aromatic N) is 5. The molecule has 0 N–H and O–H groups in total. The van der Waals surface area contributed by atoms with Crippen LogP contribution in [-0.4, -0.2) is 82.4 Å². The SMILES string of the molecule is CC(C)c1nccc(C(=O)N2CCN([C@H]3CN4CCC3CC4)CC2)n1. The molecule has 6 nitrogen and oxygen atoms in total. The van der Waals surface area contributed by atoms with Gasteiger partial charge in [0.05, 0.1) is 0 Å². The number of amides is 1. The monoisotopic (exact) mass is 343 g/mol. The van der Waals surface area contributed by atoms with Crippen molar-refractivity contribution in [1.82, 2.24) is 24.7 Å². The fourth-order valence-corrected chi connectivity index (χ4v) is 4.54. The van der Waals surface area contributed by atoms with Crippen molar-refractivity contribution in [1.29, 1.82) is 0 Å². The van der Waals surface area contributed by atoms with Crippen molar-refractivity contribution in [2.24, 2.45) is 5.92 Å². The Morgan fingerprint density at radius 1 is 1.12 bits per heavy atom. The number of hydrogen-bond donors (Lipinski definition) is 0. The van der Waals surface area contributed by atoms with Crippen LogP contribution in [0.15, 0.2) is 12.3 Å². The summed E-state index contributed by atoms with van der Waals surface area (Å²) in [5.41, 5.74) is 0.537. The zero-order valence-corrected chi connectivity index (χ0v) is 15.4. The van der Waals surface area contributed by atoms with Gasteiger partial charge in [0, 0.05) is 50.9 Å². The predicted octanol–water partition coefficient (Wildman–Crippen LogP) is 1.45. The van der Waals surface area contributed by atoms with Gasteiger partial charge >= 0.3 is 0 Å². The van der Waals surface area contributed by atoms with E-state index >= 15 is 0 Å². The molecule has 6 heteroatoms. The van der Waals surface area contributed by atoms with Gasteiger partial charge in [-0.1, -0.05) is 13.8 Å². The largest absolute Gasteiger partial charge is 0.335 e. The maximum absolute atomic E-state index is 12.8. The number of hydrogen-bond acceptors (Lipinski definition) is 5. The second kappa shape index (κ2) is 7.00. The molecule has 1 atom stereocenters. The van der Waals surface area contributed by atoms with Gasteiger partial charge < -0.3 is 9.80 Å². The molecule has 0 aliphatic carbocycles. The molecular formula is C19H29N5O. The van der Waals surface area contributed by atoms with Gasteiger partial charge in [0.1, 0.15) is 11.5 Å². The average molecular weight is 343 g/mol. The Bertz CT molecular complexity index is 618. The molecule has 5 rings (SSSR count). The molecular weight excluding hydrogens is 314 g/mol. The Morgan fingerprint density at radius 2 is 1.84 bits per heavy atom. The van der Waals surface area contributed by atoms with Crippen molar-refractivity contribution in [3.05, 3.63) is 23.8 Å². The topological polar surface area (TPSA) is 52.6 Å². The van der Waals surface area contributed by atoms with Gasteiger partial charge in [0.2, 0.25) is 0 Å². The zero-order chi connectivity index (χ0) is 17.4. The highest BCUT2D eigenvalue weighted by Crippen LogP contribution is 2.31. The van der Waals surface area contributed by atoms with E-state index < -0.39 is 0 Å². The lowest BCUT2D eigenvalue weighted by atomic mass is 9.83. The van der Waals surface area contributed by atoms with Crippen LogP contribution in [0.5, 0.6) is 0 Å². The Hall–Kier alpha value is -1.53. The molecule has 4 fully saturated rings. The molecule has 0 unspecified atom stereocenters. The second-order valence-electron chi connectivity index (χ2n) is 7.99. The lowest BCUT2D eigenvalue weighted by molar-refractivity contribution is -0.0131. The van der Waals surface area contributed by atoms with Gasteiger partial charge in [0.15, 0.2) is 0 Å². The van der Waals surface area contributed by atoms with Crippen LogP contribution in [0.1, 0.15) is 48.9 Å². The normalized spacial score (nSPS) is 30.0. The van der Waals surface area contributed by atoms with Crippen LogP contribution < -0.4 is 0 Å². The molecule has 4 aliphatic heterocycles. The molecule has 136 valence electrons. The summed E-state index contributed by atoms with van der Waals surface area (Å²) in [6, 6.07) is 2.44.